The van der Waals surface area contributed by atoms with Crippen molar-refractivity contribution in [2.45, 2.75) is 19.8 Å². The van der Waals surface area contributed by atoms with Crippen molar-refractivity contribution in [3.05, 3.63) is 46.2 Å². The topological polar surface area (TPSA) is 80.5 Å². The summed E-state index contributed by atoms with van der Waals surface area (Å²) < 4.78 is 20.8. The fourth-order valence-electron chi connectivity index (χ4n) is 4.37. The highest BCUT2D eigenvalue weighted by molar-refractivity contribution is 7.21. The Kier molecular flexibility index (Phi) is 5.27. The van der Waals surface area contributed by atoms with Crippen molar-refractivity contribution in [3.63, 3.8) is 0 Å². The maximum Gasteiger partial charge on any atom is 0.175 e. The molecule has 0 unspecified atom stereocenters. The Morgan fingerprint density at radius 2 is 2.16 bits per heavy atom. The zero-order valence-electron chi connectivity index (χ0n) is 17.4. The van der Waals surface area contributed by atoms with Gasteiger partial charge in [-0.1, -0.05) is 0 Å². The fourth-order valence-corrected chi connectivity index (χ4v) is 5.46. The zero-order valence-corrected chi connectivity index (χ0v) is 18.2. The molecule has 1 atom stereocenters. The van der Waals surface area contributed by atoms with E-state index in [4.69, 9.17) is 10.5 Å². The molecule has 4 heterocycles. The Labute approximate surface area is 184 Å². The van der Waals surface area contributed by atoms with Gasteiger partial charge in [0.1, 0.15) is 16.4 Å². The highest BCUT2D eigenvalue weighted by atomic mass is 32.1. The summed E-state index contributed by atoms with van der Waals surface area (Å²) in [5, 5.41) is 4.12. The van der Waals surface area contributed by atoms with Crippen LogP contribution in [0.4, 0.5) is 15.8 Å². The number of rotatable bonds is 4. The molecule has 2 aliphatic rings. The number of anilines is 2. The van der Waals surface area contributed by atoms with Crippen LogP contribution in [0, 0.1) is 18.7 Å². The second-order valence-electron chi connectivity index (χ2n) is 8.30. The van der Waals surface area contributed by atoms with Gasteiger partial charge in [0, 0.05) is 66.9 Å². The van der Waals surface area contributed by atoms with Crippen LogP contribution in [-0.2, 0) is 6.42 Å². The molecule has 0 aliphatic carbocycles. The number of nitrogens with zero attached hydrogens (tertiary/aromatic N) is 2. The molecule has 3 aromatic rings. The third-order valence-corrected chi connectivity index (χ3v) is 7.21. The molecule has 2 aromatic heterocycles. The summed E-state index contributed by atoms with van der Waals surface area (Å²) in [7, 11) is 0. The largest absolute Gasteiger partial charge is 0.493 e. The van der Waals surface area contributed by atoms with Crippen LogP contribution in [0.15, 0.2) is 24.3 Å². The van der Waals surface area contributed by atoms with Crippen molar-refractivity contribution in [3.8, 4) is 5.75 Å². The van der Waals surface area contributed by atoms with Crippen LogP contribution in [0.3, 0.4) is 0 Å². The first-order valence-electron chi connectivity index (χ1n) is 10.6. The summed E-state index contributed by atoms with van der Waals surface area (Å²) >= 11 is 1.33. The van der Waals surface area contributed by atoms with Gasteiger partial charge in [0.05, 0.1) is 17.2 Å². The minimum atomic E-state index is -0.260. The normalized spacial score (nSPS) is 18.6. The van der Waals surface area contributed by atoms with Crippen molar-refractivity contribution < 1.29 is 13.9 Å². The number of ether oxygens (including phenoxy) is 1. The van der Waals surface area contributed by atoms with E-state index >= 15 is 0 Å². The molecule has 31 heavy (non-hydrogen) atoms. The summed E-state index contributed by atoms with van der Waals surface area (Å²) in [6.45, 7) is 5.78. The number of pyridine rings is 1. The van der Waals surface area contributed by atoms with Crippen LogP contribution in [0.2, 0.25) is 0 Å². The van der Waals surface area contributed by atoms with Gasteiger partial charge < -0.3 is 20.7 Å². The number of piperazine rings is 1. The van der Waals surface area contributed by atoms with E-state index in [0.29, 0.717) is 34.9 Å². The van der Waals surface area contributed by atoms with Gasteiger partial charge in [-0.3, -0.25) is 4.79 Å². The van der Waals surface area contributed by atoms with Gasteiger partial charge in [-0.05, 0) is 31.5 Å². The maximum absolute atomic E-state index is 14.9. The first kappa shape index (κ1) is 20.2. The Bertz CT molecular complexity index is 1160. The lowest BCUT2D eigenvalue weighted by Crippen LogP contribution is -2.43. The van der Waals surface area contributed by atoms with Crippen molar-refractivity contribution in [2.75, 3.05) is 43.4 Å². The lowest BCUT2D eigenvalue weighted by molar-refractivity contribution is 0.0938. The van der Waals surface area contributed by atoms with E-state index in [1.165, 1.54) is 11.3 Å². The van der Waals surface area contributed by atoms with Crippen LogP contribution in [0.25, 0.3) is 10.2 Å². The molecule has 8 heteroatoms. The molecular formula is C23H25FN4O2S. The number of hydrogen-bond donors (Lipinski definition) is 2. The van der Waals surface area contributed by atoms with E-state index in [-0.39, 0.29) is 23.9 Å². The molecule has 6 nitrogen and oxygen atoms in total. The Hall–Kier alpha value is -2.71. The first-order valence-corrected chi connectivity index (χ1v) is 11.4. The number of Topliss-reactive ketones (excluding diaryl/α,β-unsaturated/α-hetero) is 1. The van der Waals surface area contributed by atoms with E-state index in [1.807, 2.05) is 25.1 Å². The number of aryl methyl sites for hydroxylation is 1. The number of halogens is 1. The average Bonchev–Trinajstić information content (AvgIpc) is 3.10. The summed E-state index contributed by atoms with van der Waals surface area (Å²) in [6, 6.07) is 7.32. The van der Waals surface area contributed by atoms with E-state index in [2.05, 4.69) is 15.2 Å². The van der Waals surface area contributed by atoms with Crippen LogP contribution >= 0.6 is 11.3 Å². The number of carbonyl (C=O) groups excluding carboxylic acids is 1. The number of nitrogens with two attached hydrogens (primary N) is 1. The Balaban J connectivity index is 1.33. The SMILES string of the molecule is Cc1ccc2c(N)c(C(=O)C[C@H]3COc4cc(N5CCNCC5)cc(F)c4C3)sc2n1. The van der Waals surface area contributed by atoms with Gasteiger partial charge in [0.15, 0.2) is 5.78 Å². The number of ketones is 1. The van der Waals surface area contributed by atoms with Gasteiger partial charge in [-0.15, -0.1) is 11.3 Å². The van der Waals surface area contributed by atoms with Crippen LogP contribution in [0.5, 0.6) is 5.75 Å². The molecule has 1 saturated heterocycles. The summed E-state index contributed by atoms with van der Waals surface area (Å²) in [4.78, 5) is 20.9. The fraction of sp³-hybridized carbons (Fsp3) is 0.391. The van der Waals surface area contributed by atoms with Crippen LogP contribution < -0.4 is 20.7 Å². The molecule has 0 radical (unpaired) electrons. The van der Waals surface area contributed by atoms with Crippen LogP contribution in [-0.4, -0.2) is 43.6 Å². The molecule has 0 bridgehead atoms. The number of hydrogen-bond acceptors (Lipinski definition) is 7. The number of nitrogen functional groups attached to an aromatic ring is 1. The van der Waals surface area contributed by atoms with Gasteiger partial charge >= 0.3 is 0 Å². The summed E-state index contributed by atoms with van der Waals surface area (Å²) in [6.07, 6.45) is 0.755. The van der Waals surface area contributed by atoms with E-state index in [1.54, 1.807) is 6.07 Å². The molecule has 162 valence electrons. The molecule has 0 amide bonds. The van der Waals surface area contributed by atoms with E-state index in [0.717, 1.165) is 47.8 Å². The molecule has 0 saturated carbocycles. The molecule has 1 aromatic carbocycles. The van der Waals surface area contributed by atoms with Gasteiger partial charge in [0.25, 0.3) is 0 Å². The highest BCUT2D eigenvalue weighted by Gasteiger charge is 2.28. The second kappa shape index (κ2) is 8.09. The van der Waals surface area contributed by atoms with Crippen LogP contribution in [0.1, 0.15) is 27.3 Å². The Morgan fingerprint density at radius 1 is 1.35 bits per heavy atom. The van der Waals surface area contributed by atoms with Gasteiger partial charge in [-0.2, -0.15) is 0 Å². The highest BCUT2D eigenvalue weighted by Crippen LogP contribution is 2.37. The third kappa shape index (κ3) is 3.85. The smallest absolute Gasteiger partial charge is 0.175 e. The number of fused-ring (bicyclic) bond motifs is 2. The maximum atomic E-state index is 14.9. The third-order valence-electron chi connectivity index (χ3n) is 6.05. The molecule has 3 N–H and O–H groups in total. The summed E-state index contributed by atoms with van der Waals surface area (Å²) in [5.74, 6) is 0.217. The van der Waals surface area contributed by atoms with Crippen molar-refractivity contribution in [1.29, 1.82) is 0 Å². The minimum Gasteiger partial charge on any atom is -0.493 e. The minimum absolute atomic E-state index is 0.0342. The monoisotopic (exact) mass is 440 g/mol. The lowest BCUT2D eigenvalue weighted by Gasteiger charge is -2.31. The molecule has 5 rings (SSSR count). The van der Waals surface area contributed by atoms with Crippen molar-refractivity contribution >= 4 is 38.7 Å². The average molecular weight is 441 g/mol. The van der Waals surface area contributed by atoms with Gasteiger partial charge in [0.2, 0.25) is 0 Å². The quantitative estimate of drug-likeness (QED) is 0.604. The van der Waals surface area contributed by atoms with Crippen molar-refractivity contribution in [2.24, 2.45) is 5.92 Å². The van der Waals surface area contributed by atoms with Gasteiger partial charge in [-0.25, -0.2) is 9.37 Å². The predicted octanol–water partition coefficient (Wildman–Crippen LogP) is 3.56. The lowest BCUT2D eigenvalue weighted by atomic mass is 9.91. The van der Waals surface area contributed by atoms with E-state index in [9.17, 15) is 9.18 Å². The molecular weight excluding hydrogens is 415 g/mol. The summed E-state index contributed by atoms with van der Waals surface area (Å²) in [5.41, 5.74) is 9.02. The van der Waals surface area contributed by atoms with Crippen molar-refractivity contribution in [1.82, 2.24) is 10.3 Å². The number of carbonyl (C=O) groups is 1. The number of benzene rings is 1. The standard InChI is InChI=1S/C23H25FN4O2S/c1-13-2-3-16-21(25)22(31-23(16)27-13)19(29)9-14-8-17-18(24)10-15(11-20(17)30-12-14)28-6-4-26-5-7-28/h2-3,10-11,14,26H,4-9,12,25H2,1H3/t14-/m0/s1. The predicted molar refractivity (Wildman–Crippen MR) is 122 cm³/mol. The second-order valence-corrected chi connectivity index (χ2v) is 9.30. The van der Waals surface area contributed by atoms with E-state index < -0.39 is 0 Å². The molecule has 2 aliphatic heterocycles. The first-order chi connectivity index (χ1) is 15.0. The zero-order chi connectivity index (χ0) is 21.5. The number of nitrogens with one attached hydrogen (secondary N) is 1. The molecule has 1 fully saturated rings. The number of thiophene rings is 1. The molecule has 0 spiro atoms. The number of aromatic nitrogens is 1. The Morgan fingerprint density at radius 3 is 2.97 bits per heavy atom.